The van der Waals surface area contributed by atoms with Crippen LogP contribution in [-0.4, -0.2) is 16.2 Å². The molecule has 0 aliphatic rings. The van der Waals surface area contributed by atoms with Gasteiger partial charge in [0.05, 0.1) is 13.7 Å². The van der Waals surface area contributed by atoms with Gasteiger partial charge in [-0.3, -0.25) is 18.7 Å². The van der Waals surface area contributed by atoms with E-state index in [1.165, 1.54) is 7.11 Å². The van der Waals surface area contributed by atoms with Gasteiger partial charge in [0.2, 0.25) is 0 Å². The quantitative estimate of drug-likeness (QED) is 0.782. The molecule has 0 atom stereocenters. The molecular weight excluding hydrogens is 332 g/mol. The molecule has 0 fully saturated rings. The molecule has 1 heterocycles. The topological polar surface area (TPSA) is 101 Å². The monoisotopic (exact) mass is 352 g/mol. The lowest BCUT2D eigenvalue weighted by Gasteiger charge is -2.22. The maximum Gasteiger partial charge on any atom is 0.317 e. The van der Waals surface area contributed by atoms with Gasteiger partial charge in [-0.2, -0.15) is 10.5 Å². The van der Waals surface area contributed by atoms with Crippen LogP contribution >= 0.6 is 0 Å². The number of nitrogens with zero attached hydrogens (tertiary/aromatic N) is 4. The van der Waals surface area contributed by atoms with Crippen LogP contribution in [0.25, 0.3) is 0 Å². The van der Waals surface area contributed by atoms with Gasteiger partial charge in [-0.1, -0.05) is 39.0 Å². The first kappa shape index (κ1) is 19.0. The molecule has 0 saturated carbocycles. The van der Waals surface area contributed by atoms with E-state index in [2.05, 4.69) is 0 Å². The SMILES string of the molecule is COc1ccccc1Cn1c(C#N)c(C#N)n(CC(C)(C)C)c(=O)c1=O. The van der Waals surface area contributed by atoms with E-state index in [1.54, 1.807) is 24.3 Å². The minimum atomic E-state index is -0.837. The summed E-state index contributed by atoms with van der Waals surface area (Å²) in [4.78, 5) is 25.3. The Morgan fingerprint density at radius 3 is 2.08 bits per heavy atom. The highest BCUT2D eigenvalue weighted by atomic mass is 16.5. The van der Waals surface area contributed by atoms with Crippen LogP contribution in [0, 0.1) is 28.1 Å². The maximum atomic E-state index is 12.7. The second kappa shape index (κ2) is 7.28. The summed E-state index contributed by atoms with van der Waals surface area (Å²) < 4.78 is 7.40. The lowest BCUT2D eigenvalue weighted by molar-refractivity contribution is 0.333. The van der Waals surface area contributed by atoms with Crippen molar-refractivity contribution in [3.05, 3.63) is 61.9 Å². The van der Waals surface area contributed by atoms with Crippen molar-refractivity contribution in [2.24, 2.45) is 5.41 Å². The van der Waals surface area contributed by atoms with Crippen molar-refractivity contribution in [1.82, 2.24) is 9.13 Å². The largest absolute Gasteiger partial charge is 0.496 e. The summed E-state index contributed by atoms with van der Waals surface area (Å²) in [6.07, 6.45) is 0. The molecule has 26 heavy (non-hydrogen) atoms. The molecular formula is C19H20N4O3. The van der Waals surface area contributed by atoms with Gasteiger partial charge in [0.25, 0.3) is 0 Å². The highest BCUT2D eigenvalue weighted by Gasteiger charge is 2.23. The van der Waals surface area contributed by atoms with E-state index in [9.17, 15) is 20.1 Å². The molecule has 0 aliphatic heterocycles. The first-order valence-corrected chi connectivity index (χ1v) is 8.03. The smallest absolute Gasteiger partial charge is 0.317 e. The van der Waals surface area contributed by atoms with Crippen LogP contribution < -0.4 is 15.9 Å². The Labute approximate surface area is 151 Å². The van der Waals surface area contributed by atoms with Crippen molar-refractivity contribution in [1.29, 1.82) is 10.5 Å². The van der Waals surface area contributed by atoms with Crippen molar-refractivity contribution < 1.29 is 4.74 Å². The number of para-hydroxylation sites is 1. The maximum absolute atomic E-state index is 12.7. The fourth-order valence-corrected chi connectivity index (χ4v) is 2.70. The number of hydrogen-bond acceptors (Lipinski definition) is 5. The zero-order valence-corrected chi connectivity index (χ0v) is 15.2. The standard InChI is InChI=1S/C19H20N4O3/c1-19(2,3)12-23-15(10-21)14(9-20)22(17(24)18(23)25)11-13-7-5-6-8-16(13)26-4/h5-8H,11-12H2,1-4H3. The molecule has 2 aromatic rings. The zero-order valence-electron chi connectivity index (χ0n) is 15.2. The lowest BCUT2D eigenvalue weighted by atomic mass is 9.96. The summed E-state index contributed by atoms with van der Waals surface area (Å²) in [6, 6.07) is 10.8. The Kier molecular flexibility index (Phi) is 5.33. The Hall–Kier alpha value is -3.32. The van der Waals surface area contributed by atoms with E-state index in [0.717, 1.165) is 9.13 Å². The van der Waals surface area contributed by atoms with Crippen LogP contribution in [0.3, 0.4) is 0 Å². The molecule has 0 N–H and O–H groups in total. The summed E-state index contributed by atoms with van der Waals surface area (Å²) >= 11 is 0. The molecule has 7 nitrogen and oxygen atoms in total. The number of methoxy groups -OCH3 is 1. The molecule has 1 aromatic heterocycles. The third-order valence-electron chi connectivity index (χ3n) is 3.80. The van der Waals surface area contributed by atoms with Gasteiger partial charge in [-0.05, 0) is 11.5 Å². The van der Waals surface area contributed by atoms with Crippen LogP contribution in [-0.2, 0) is 13.1 Å². The molecule has 7 heteroatoms. The fourth-order valence-electron chi connectivity index (χ4n) is 2.70. The van der Waals surface area contributed by atoms with Crippen molar-refractivity contribution >= 4 is 0 Å². The van der Waals surface area contributed by atoms with Crippen LogP contribution in [0.2, 0.25) is 0 Å². The highest BCUT2D eigenvalue weighted by molar-refractivity contribution is 5.39. The summed E-state index contributed by atoms with van der Waals surface area (Å²) in [5.74, 6) is 0.528. The first-order valence-electron chi connectivity index (χ1n) is 8.03. The molecule has 0 radical (unpaired) electrons. The van der Waals surface area contributed by atoms with Gasteiger partial charge in [0.15, 0.2) is 11.4 Å². The summed E-state index contributed by atoms with van der Waals surface area (Å²) in [6.45, 7) is 5.77. The zero-order chi connectivity index (χ0) is 19.5. The van der Waals surface area contributed by atoms with Crippen molar-refractivity contribution in [3.63, 3.8) is 0 Å². The molecule has 2 rings (SSSR count). The van der Waals surface area contributed by atoms with Crippen molar-refractivity contribution in [2.45, 2.75) is 33.9 Å². The predicted molar refractivity (Wildman–Crippen MR) is 95.9 cm³/mol. The Morgan fingerprint density at radius 2 is 1.54 bits per heavy atom. The van der Waals surface area contributed by atoms with Crippen LogP contribution in [0.5, 0.6) is 5.75 Å². The lowest BCUT2D eigenvalue weighted by Crippen LogP contribution is -2.45. The van der Waals surface area contributed by atoms with Crippen LogP contribution in [0.4, 0.5) is 0 Å². The van der Waals surface area contributed by atoms with E-state index in [1.807, 2.05) is 32.9 Å². The average Bonchev–Trinajstić information content (AvgIpc) is 2.60. The van der Waals surface area contributed by atoms with Gasteiger partial charge in [-0.25, -0.2) is 0 Å². The number of rotatable bonds is 4. The Bertz CT molecular complexity index is 1030. The molecule has 0 spiro atoms. The first-order chi connectivity index (χ1) is 12.2. The van der Waals surface area contributed by atoms with E-state index in [4.69, 9.17) is 4.74 Å². The van der Waals surface area contributed by atoms with Gasteiger partial charge < -0.3 is 4.74 Å². The van der Waals surface area contributed by atoms with Crippen molar-refractivity contribution in [2.75, 3.05) is 7.11 Å². The predicted octanol–water partition coefficient (Wildman–Crippen LogP) is 1.86. The van der Waals surface area contributed by atoms with Gasteiger partial charge in [0.1, 0.15) is 17.9 Å². The fraction of sp³-hybridized carbons (Fsp3) is 0.368. The second-order valence-electron chi connectivity index (χ2n) is 7.08. The van der Waals surface area contributed by atoms with Crippen LogP contribution in [0.15, 0.2) is 33.9 Å². The summed E-state index contributed by atoms with van der Waals surface area (Å²) in [5, 5.41) is 19.1. The Balaban J connectivity index is 2.75. The molecule has 0 unspecified atom stereocenters. The number of aromatic nitrogens is 2. The Morgan fingerprint density at radius 1 is 1.00 bits per heavy atom. The van der Waals surface area contributed by atoms with E-state index in [-0.39, 0.29) is 29.9 Å². The van der Waals surface area contributed by atoms with E-state index >= 15 is 0 Å². The molecule has 0 amide bonds. The van der Waals surface area contributed by atoms with E-state index in [0.29, 0.717) is 11.3 Å². The third kappa shape index (κ3) is 3.68. The molecule has 0 saturated heterocycles. The number of hydrogen-bond donors (Lipinski definition) is 0. The summed E-state index contributed by atoms with van der Waals surface area (Å²) in [5.41, 5.74) is -1.61. The molecule has 0 aliphatic carbocycles. The minimum Gasteiger partial charge on any atom is -0.496 e. The minimum absolute atomic E-state index is 0.0357. The summed E-state index contributed by atoms with van der Waals surface area (Å²) in [7, 11) is 1.49. The van der Waals surface area contributed by atoms with E-state index < -0.39 is 11.1 Å². The average molecular weight is 352 g/mol. The molecule has 134 valence electrons. The van der Waals surface area contributed by atoms with Gasteiger partial charge in [0, 0.05) is 12.1 Å². The van der Waals surface area contributed by atoms with Crippen LogP contribution in [0.1, 0.15) is 37.7 Å². The number of nitriles is 2. The number of ether oxygens (including phenoxy) is 1. The normalized spacial score (nSPS) is 10.8. The number of benzene rings is 1. The highest BCUT2D eigenvalue weighted by Crippen LogP contribution is 2.20. The third-order valence-corrected chi connectivity index (χ3v) is 3.80. The van der Waals surface area contributed by atoms with Crippen molar-refractivity contribution in [3.8, 4) is 17.9 Å². The second-order valence-corrected chi connectivity index (χ2v) is 7.08. The molecule has 1 aromatic carbocycles. The van der Waals surface area contributed by atoms with Gasteiger partial charge >= 0.3 is 11.1 Å². The van der Waals surface area contributed by atoms with Gasteiger partial charge in [-0.15, -0.1) is 0 Å². The molecule has 0 bridgehead atoms.